The Morgan fingerprint density at radius 3 is 2.42 bits per heavy atom. The van der Waals surface area contributed by atoms with Crippen molar-refractivity contribution in [1.82, 2.24) is 0 Å². The molecule has 0 spiro atoms. The van der Waals surface area contributed by atoms with Crippen LogP contribution in [-0.2, 0) is 9.53 Å². The van der Waals surface area contributed by atoms with E-state index < -0.39 is 11.6 Å². The summed E-state index contributed by atoms with van der Waals surface area (Å²) in [6.45, 7) is 7.20. The Balaban J connectivity index is 2.62. The van der Waals surface area contributed by atoms with Gasteiger partial charge in [-0.1, -0.05) is 0 Å². The summed E-state index contributed by atoms with van der Waals surface area (Å²) in [5, 5.41) is 8.92. The zero-order chi connectivity index (χ0) is 14.6. The van der Waals surface area contributed by atoms with Gasteiger partial charge in [0.2, 0.25) is 0 Å². The third-order valence-electron chi connectivity index (χ3n) is 2.20. The molecule has 0 fully saturated rings. The van der Waals surface area contributed by atoms with Gasteiger partial charge >= 0.3 is 11.9 Å². The van der Waals surface area contributed by atoms with E-state index in [2.05, 4.69) is 0 Å². The second-order valence-electron chi connectivity index (χ2n) is 5.16. The fourth-order valence-electron chi connectivity index (χ4n) is 1.48. The molecule has 0 bridgehead atoms. The Bertz CT molecular complexity index is 489. The van der Waals surface area contributed by atoms with Gasteiger partial charge in [-0.05, 0) is 51.5 Å². The number of hydrogen-bond donors (Lipinski definition) is 1. The summed E-state index contributed by atoms with van der Waals surface area (Å²) < 4.78 is 5.20. The normalized spacial score (nSPS) is 11.2. The highest BCUT2D eigenvalue weighted by atomic mass is 32.2. The predicted molar refractivity (Wildman–Crippen MR) is 74.7 cm³/mol. The van der Waals surface area contributed by atoms with Crippen LogP contribution in [-0.4, -0.2) is 28.4 Å². The van der Waals surface area contributed by atoms with Crippen molar-refractivity contribution < 1.29 is 19.4 Å². The van der Waals surface area contributed by atoms with E-state index in [4.69, 9.17) is 9.84 Å². The molecule has 0 aliphatic heterocycles. The van der Waals surface area contributed by atoms with E-state index in [1.54, 1.807) is 25.1 Å². The number of hydrogen-bond acceptors (Lipinski definition) is 4. The minimum absolute atomic E-state index is 0.211. The first-order chi connectivity index (χ1) is 8.69. The van der Waals surface area contributed by atoms with Crippen LogP contribution in [0.5, 0.6) is 0 Å². The summed E-state index contributed by atoms with van der Waals surface area (Å²) in [7, 11) is 0. The second kappa shape index (κ2) is 6.10. The van der Waals surface area contributed by atoms with E-state index >= 15 is 0 Å². The van der Waals surface area contributed by atoms with Crippen LogP contribution in [0.2, 0.25) is 0 Å². The lowest BCUT2D eigenvalue weighted by molar-refractivity contribution is -0.151. The summed E-state index contributed by atoms with van der Waals surface area (Å²) in [6.07, 6.45) is 0. The molecule has 1 N–H and O–H groups in total. The number of esters is 1. The first kappa shape index (κ1) is 15.6. The number of aryl methyl sites for hydroxylation is 1. The third kappa shape index (κ3) is 5.34. The molecule has 5 heteroatoms. The SMILES string of the molecule is Cc1cc(SCC(=O)OC(C)(C)C)ccc1C(=O)O. The number of carboxylic acid groups (broad SMARTS) is 1. The predicted octanol–water partition coefficient (Wildman–Crippen LogP) is 3.13. The molecule has 0 aliphatic carbocycles. The van der Waals surface area contributed by atoms with Crippen molar-refractivity contribution >= 4 is 23.7 Å². The molecular weight excluding hydrogens is 264 g/mol. The summed E-state index contributed by atoms with van der Waals surface area (Å²) in [5.41, 5.74) is 0.476. The standard InChI is InChI=1S/C14H18O4S/c1-9-7-10(5-6-11(9)13(16)17)19-8-12(15)18-14(2,3)4/h5-7H,8H2,1-4H3,(H,16,17). The van der Waals surface area contributed by atoms with Crippen LogP contribution in [0.4, 0.5) is 0 Å². The summed E-state index contributed by atoms with van der Waals surface area (Å²) >= 11 is 1.34. The molecular formula is C14H18O4S. The van der Waals surface area contributed by atoms with Crippen LogP contribution >= 0.6 is 11.8 Å². The number of benzene rings is 1. The minimum Gasteiger partial charge on any atom is -0.478 e. The fourth-order valence-corrected chi connectivity index (χ4v) is 2.25. The molecule has 19 heavy (non-hydrogen) atoms. The molecule has 104 valence electrons. The van der Waals surface area contributed by atoms with Crippen LogP contribution in [0, 0.1) is 6.92 Å². The van der Waals surface area contributed by atoms with Crippen molar-refractivity contribution in [3.8, 4) is 0 Å². The van der Waals surface area contributed by atoms with E-state index in [0.717, 1.165) is 4.90 Å². The summed E-state index contributed by atoms with van der Waals surface area (Å²) in [6, 6.07) is 5.01. The monoisotopic (exact) mass is 282 g/mol. The third-order valence-corrected chi connectivity index (χ3v) is 3.17. The zero-order valence-electron chi connectivity index (χ0n) is 11.5. The van der Waals surface area contributed by atoms with Gasteiger partial charge < -0.3 is 9.84 Å². The Hall–Kier alpha value is -1.49. The lowest BCUT2D eigenvalue weighted by atomic mass is 10.1. The van der Waals surface area contributed by atoms with Gasteiger partial charge in [-0.25, -0.2) is 4.79 Å². The van der Waals surface area contributed by atoms with Crippen molar-refractivity contribution in [3.05, 3.63) is 29.3 Å². The number of rotatable bonds is 4. The average molecular weight is 282 g/mol. The van der Waals surface area contributed by atoms with Gasteiger partial charge in [-0.2, -0.15) is 0 Å². The molecule has 1 aromatic carbocycles. The average Bonchev–Trinajstić information content (AvgIpc) is 2.23. The minimum atomic E-state index is -0.943. The van der Waals surface area contributed by atoms with Crippen molar-refractivity contribution in [1.29, 1.82) is 0 Å². The van der Waals surface area contributed by atoms with E-state index in [9.17, 15) is 9.59 Å². The largest absolute Gasteiger partial charge is 0.478 e. The first-order valence-electron chi connectivity index (χ1n) is 5.87. The van der Waals surface area contributed by atoms with E-state index in [-0.39, 0.29) is 17.3 Å². The van der Waals surface area contributed by atoms with Gasteiger partial charge in [0, 0.05) is 4.90 Å². The van der Waals surface area contributed by atoms with Gasteiger partial charge in [0.05, 0.1) is 11.3 Å². The molecule has 0 amide bonds. The van der Waals surface area contributed by atoms with Crippen LogP contribution in [0.1, 0.15) is 36.7 Å². The van der Waals surface area contributed by atoms with E-state index in [0.29, 0.717) is 5.56 Å². The van der Waals surface area contributed by atoms with Crippen molar-refractivity contribution in [2.24, 2.45) is 0 Å². The maximum absolute atomic E-state index is 11.6. The molecule has 1 aromatic rings. The first-order valence-corrected chi connectivity index (χ1v) is 6.86. The number of carbonyl (C=O) groups is 2. The number of thioether (sulfide) groups is 1. The Morgan fingerprint density at radius 1 is 1.32 bits per heavy atom. The second-order valence-corrected chi connectivity index (χ2v) is 6.21. The fraction of sp³-hybridized carbons (Fsp3) is 0.429. The molecule has 0 radical (unpaired) electrons. The lowest BCUT2D eigenvalue weighted by Gasteiger charge is -2.19. The molecule has 0 saturated heterocycles. The summed E-state index contributed by atoms with van der Waals surface area (Å²) in [5.74, 6) is -1.01. The van der Waals surface area contributed by atoms with Crippen LogP contribution in [0.25, 0.3) is 0 Å². The van der Waals surface area contributed by atoms with Gasteiger partial charge in [0.25, 0.3) is 0 Å². The molecule has 0 aliphatic rings. The molecule has 4 nitrogen and oxygen atoms in total. The zero-order valence-corrected chi connectivity index (χ0v) is 12.3. The Kier molecular flexibility index (Phi) is 5.00. The summed E-state index contributed by atoms with van der Waals surface area (Å²) in [4.78, 5) is 23.3. The van der Waals surface area contributed by atoms with Crippen LogP contribution in [0.3, 0.4) is 0 Å². The smallest absolute Gasteiger partial charge is 0.335 e. The highest BCUT2D eigenvalue weighted by Crippen LogP contribution is 2.22. The highest BCUT2D eigenvalue weighted by Gasteiger charge is 2.16. The topological polar surface area (TPSA) is 63.6 Å². The van der Waals surface area contributed by atoms with Crippen molar-refractivity contribution in [3.63, 3.8) is 0 Å². The Labute approximate surface area is 117 Å². The van der Waals surface area contributed by atoms with Crippen LogP contribution in [0.15, 0.2) is 23.1 Å². The van der Waals surface area contributed by atoms with Crippen LogP contribution < -0.4 is 0 Å². The number of ether oxygens (including phenoxy) is 1. The number of carbonyl (C=O) groups excluding carboxylic acids is 1. The van der Waals surface area contributed by atoms with E-state index in [1.807, 2.05) is 20.8 Å². The van der Waals surface area contributed by atoms with Crippen molar-refractivity contribution in [2.75, 3.05) is 5.75 Å². The molecule has 0 aromatic heterocycles. The maximum atomic E-state index is 11.6. The molecule has 0 atom stereocenters. The highest BCUT2D eigenvalue weighted by molar-refractivity contribution is 8.00. The lowest BCUT2D eigenvalue weighted by Crippen LogP contribution is -2.24. The quantitative estimate of drug-likeness (QED) is 0.679. The van der Waals surface area contributed by atoms with Gasteiger partial charge in [0.1, 0.15) is 5.60 Å². The van der Waals surface area contributed by atoms with Gasteiger partial charge in [-0.15, -0.1) is 11.8 Å². The van der Waals surface area contributed by atoms with E-state index in [1.165, 1.54) is 11.8 Å². The molecule has 1 rings (SSSR count). The maximum Gasteiger partial charge on any atom is 0.335 e. The number of carboxylic acids is 1. The van der Waals surface area contributed by atoms with Gasteiger partial charge in [0.15, 0.2) is 0 Å². The Morgan fingerprint density at radius 2 is 1.95 bits per heavy atom. The number of aromatic carboxylic acids is 1. The molecule has 0 saturated carbocycles. The molecule has 0 unspecified atom stereocenters. The molecule has 0 heterocycles. The van der Waals surface area contributed by atoms with Crippen molar-refractivity contribution in [2.45, 2.75) is 38.2 Å². The van der Waals surface area contributed by atoms with Gasteiger partial charge in [-0.3, -0.25) is 4.79 Å².